The first-order valence-electron chi connectivity index (χ1n) is 6.01. The molecule has 2 atom stereocenters. The van der Waals surface area contributed by atoms with Gasteiger partial charge < -0.3 is 10.3 Å². The quantitative estimate of drug-likeness (QED) is 0.855. The zero-order valence-electron chi connectivity index (χ0n) is 10.9. The molecule has 0 amide bonds. The topological polar surface area (TPSA) is 43.8 Å². The summed E-state index contributed by atoms with van der Waals surface area (Å²) in [7, 11) is 0. The molecule has 1 aliphatic heterocycles. The van der Waals surface area contributed by atoms with Gasteiger partial charge in [0.2, 0.25) is 0 Å². The average Bonchev–Trinajstić information content (AvgIpc) is 2.83. The lowest BCUT2D eigenvalue weighted by Crippen LogP contribution is -2.18. The summed E-state index contributed by atoms with van der Waals surface area (Å²) < 4.78 is 15.3. The third-order valence-corrected chi connectivity index (χ3v) is 4.25. The fraction of sp³-hybridized carbons (Fsp3) is 0.462. The van der Waals surface area contributed by atoms with Crippen LogP contribution >= 0.6 is 11.8 Å². The van der Waals surface area contributed by atoms with Gasteiger partial charge in [0.05, 0.1) is 23.8 Å². The largest absolute Gasteiger partial charge is 0.325 e. The summed E-state index contributed by atoms with van der Waals surface area (Å²) >= 11 is 1.71. The summed E-state index contributed by atoms with van der Waals surface area (Å²) in [5.74, 6) is -0.178. The highest BCUT2D eigenvalue weighted by molar-refractivity contribution is 8.00. The Bertz CT molecular complexity index is 500. The van der Waals surface area contributed by atoms with Gasteiger partial charge in [0, 0.05) is 11.8 Å². The molecule has 0 spiro atoms. The normalized spacial score (nSPS) is 24.5. The minimum atomic E-state index is -0.178. The number of allylic oxidation sites excluding steroid dienone is 4. The molecule has 1 aromatic rings. The Morgan fingerprint density at radius 2 is 2.39 bits per heavy atom. The molecule has 1 aliphatic rings. The Balaban J connectivity index is 2.46. The van der Waals surface area contributed by atoms with Crippen molar-refractivity contribution in [1.29, 1.82) is 0 Å². The number of hydrogen-bond donors (Lipinski definition) is 1. The van der Waals surface area contributed by atoms with E-state index < -0.39 is 0 Å². The van der Waals surface area contributed by atoms with Crippen molar-refractivity contribution in [1.82, 2.24) is 9.55 Å². The number of imidazole rings is 1. The maximum absolute atomic E-state index is 13.2. The lowest BCUT2D eigenvalue weighted by Gasteiger charge is -2.20. The molecule has 5 heteroatoms. The van der Waals surface area contributed by atoms with Crippen LogP contribution < -0.4 is 5.73 Å². The van der Waals surface area contributed by atoms with Crippen LogP contribution in [-0.4, -0.2) is 14.8 Å². The second-order valence-corrected chi connectivity index (χ2v) is 5.74. The molecule has 1 aromatic heterocycles. The second-order valence-electron chi connectivity index (χ2n) is 4.39. The number of thioether (sulfide) groups is 1. The van der Waals surface area contributed by atoms with Gasteiger partial charge >= 0.3 is 0 Å². The first-order valence-corrected chi connectivity index (χ1v) is 6.89. The molecule has 0 bridgehead atoms. The van der Waals surface area contributed by atoms with Gasteiger partial charge in [-0.25, -0.2) is 9.37 Å². The zero-order valence-corrected chi connectivity index (χ0v) is 11.7. The summed E-state index contributed by atoms with van der Waals surface area (Å²) in [6, 6.07) is 0.113. The lowest BCUT2D eigenvalue weighted by molar-refractivity contribution is 0.537. The van der Waals surface area contributed by atoms with Gasteiger partial charge in [-0.05, 0) is 25.5 Å². The van der Waals surface area contributed by atoms with Crippen LogP contribution in [-0.2, 0) is 6.54 Å². The van der Waals surface area contributed by atoms with Crippen molar-refractivity contribution >= 4 is 11.8 Å². The van der Waals surface area contributed by atoms with Crippen LogP contribution in [0.3, 0.4) is 0 Å². The number of nitrogens with zero attached hydrogens (tertiary/aromatic N) is 2. The fourth-order valence-corrected chi connectivity index (χ4v) is 3.54. The molecule has 0 saturated heterocycles. The third-order valence-electron chi connectivity index (χ3n) is 3.10. The number of aromatic nitrogens is 2. The Labute approximate surface area is 111 Å². The number of halogens is 1. The molecule has 18 heavy (non-hydrogen) atoms. The van der Waals surface area contributed by atoms with Crippen molar-refractivity contribution in [3.8, 4) is 0 Å². The van der Waals surface area contributed by atoms with E-state index in [2.05, 4.69) is 16.5 Å². The standard InChI is InChI=1S/C13H18FN3S/c1-4-10(5-8(2)14)12-9(3)18-13-16-7-11(6-15)17(12)13/h4-5,7,9,12H,6,15H2,1-3H3/b8-5+,10-4+. The first-order chi connectivity index (χ1) is 8.58. The molecule has 0 aromatic carbocycles. The fourth-order valence-electron chi connectivity index (χ4n) is 2.34. The number of rotatable bonds is 3. The van der Waals surface area contributed by atoms with Crippen LogP contribution in [0, 0.1) is 0 Å². The van der Waals surface area contributed by atoms with Crippen molar-refractivity contribution < 1.29 is 4.39 Å². The van der Waals surface area contributed by atoms with Gasteiger partial charge in [-0.15, -0.1) is 0 Å². The predicted octanol–water partition coefficient (Wildman–Crippen LogP) is 3.20. The van der Waals surface area contributed by atoms with E-state index >= 15 is 0 Å². The zero-order chi connectivity index (χ0) is 13.3. The highest BCUT2D eigenvalue weighted by Gasteiger charge is 2.34. The van der Waals surface area contributed by atoms with Crippen LogP contribution in [0.15, 0.2) is 34.9 Å². The molecule has 2 N–H and O–H groups in total. The van der Waals surface area contributed by atoms with Crippen LogP contribution in [0.4, 0.5) is 4.39 Å². The van der Waals surface area contributed by atoms with Gasteiger partial charge in [0.15, 0.2) is 5.16 Å². The SMILES string of the molecule is C/C=C(\C=C(/C)F)C1C(C)Sc2ncc(CN)n21. The smallest absolute Gasteiger partial charge is 0.169 e. The highest BCUT2D eigenvalue weighted by atomic mass is 32.2. The molecule has 98 valence electrons. The minimum Gasteiger partial charge on any atom is -0.325 e. The van der Waals surface area contributed by atoms with Crippen molar-refractivity contribution in [2.75, 3.05) is 0 Å². The van der Waals surface area contributed by atoms with Gasteiger partial charge in [-0.3, -0.25) is 0 Å². The van der Waals surface area contributed by atoms with Crippen LogP contribution in [0.25, 0.3) is 0 Å². The van der Waals surface area contributed by atoms with Crippen LogP contribution in [0.5, 0.6) is 0 Å². The molecule has 2 rings (SSSR count). The van der Waals surface area contributed by atoms with E-state index in [9.17, 15) is 4.39 Å². The molecule has 3 nitrogen and oxygen atoms in total. The van der Waals surface area contributed by atoms with E-state index in [-0.39, 0.29) is 11.9 Å². The molecule has 0 saturated carbocycles. The van der Waals surface area contributed by atoms with Crippen LogP contribution in [0.1, 0.15) is 32.5 Å². The van der Waals surface area contributed by atoms with E-state index in [1.807, 2.05) is 13.0 Å². The molecule has 2 heterocycles. The van der Waals surface area contributed by atoms with E-state index in [0.717, 1.165) is 16.4 Å². The van der Waals surface area contributed by atoms with E-state index in [4.69, 9.17) is 5.73 Å². The summed E-state index contributed by atoms with van der Waals surface area (Å²) in [4.78, 5) is 4.37. The van der Waals surface area contributed by atoms with Gasteiger partial charge in [0.1, 0.15) is 0 Å². The molecular formula is C13H18FN3S. The second kappa shape index (κ2) is 5.28. The Kier molecular flexibility index (Phi) is 3.92. The van der Waals surface area contributed by atoms with Crippen LogP contribution in [0.2, 0.25) is 0 Å². The Morgan fingerprint density at radius 1 is 1.67 bits per heavy atom. The summed E-state index contributed by atoms with van der Waals surface area (Å²) in [6.07, 6.45) is 5.36. The van der Waals surface area contributed by atoms with E-state index in [0.29, 0.717) is 11.8 Å². The predicted molar refractivity (Wildman–Crippen MR) is 73.1 cm³/mol. The minimum absolute atomic E-state index is 0.113. The van der Waals surface area contributed by atoms with E-state index in [1.165, 1.54) is 6.92 Å². The number of fused-ring (bicyclic) bond motifs is 1. The molecule has 0 radical (unpaired) electrons. The van der Waals surface area contributed by atoms with Crippen molar-refractivity contribution in [2.24, 2.45) is 5.73 Å². The lowest BCUT2D eigenvalue weighted by atomic mass is 10.0. The Morgan fingerprint density at radius 3 is 2.94 bits per heavy atom. The maximum atomic E-state index is 13.2. The molecule has 2 unspecified atom stereocenters. The third kappa shape index (κ3) is 2.24. The van der Waals surface area contributed by atoms with Gasteiger partial charge in [0.25, 0.3) is 0 Å². The summed E-state index contributed by atoms with van der Waals surface area (Å²) in [5.41, 5.74) is 7.71. The van der Waals surface area contributed by atoms with Crippen molar-refractivity contribution in [3.05, 3.63) is 35.4 Å². The van der Waals surface area contributed by atoms with Gasteiger partial charge in [-0.2, -0.15) is 0 Å². The number of hydrogen-bond acceptors (Lipinski definition) is 3. The molecular weight excluding hydrogens is 249 g/mol. The van der Waals surface area contributed by atoms with Gasteiger partial charge in [-0.1, -0.05) is 24.8 Å². The summed E-state index contributed by atoms with van der Waals surface area (Å²) in [6.45, 7) is 5.99. The maximum Gasteiger partial charge on any atom is 0.169 e. The highest BCUT2D eigenvalue weighted by Crippen LogP contribution is 2.44. The molecule has 0 aliphatic carbocycles. The monoisotopic (exact) mass is 267 g/mol. The average molecular weight is 267 g/mol. The molecule has 0 fully saturated rings. The van der Waals surface area contributed by atoms with Crippen molar-refractivity contribution in [2.45, 2.75) is 43.8 Å². The first kappa shape index (κ1) is 13.4. The van der Waals surface area contributed by atoms with Crippen molar-refractivity contribution in [3.63, 3.8) is 0 Å². The van der Waals surface area contributed by atoms with E-state index in [1.54, 1.807) is 24.0 Å². The summed E-state index contributed by atoms with van der Waals surface area (Å²) in [5, 5.41) is 1.30. The Hall–Kier alpha value is -1.07. The number of nitrogens with two attached hydrogens (primary N) is 1.